The summed E-state index contributed by atoms with van der Waals surface area (Å²) in [6.07, 6.45) is -0.230. The zero-order chi connectivity index (χ0) is 21.4. The van der Waals surface area contributed by atoms with Gasteiger partial charge in [0.1, 0.15) is 0 Å². The molecule has 0 saturated carbocycles. The second-order valence-corrected chi connectivity index (χ2v) is 9.54. The summed E-state index contributed by atoms with van der Waals surface area (Å²) in [5.41, 5.74) is -0.0368. The van der Waals surface area contributed by atoms with Crippen molar-refractivity contribution in [1.82, 2.24) is 28.4 Å². The third-order valence-corrected chi connectivity index (χ3v) is 7.43. The van der Waals surface area contributed by atoms with Gasteiger partial charge in [-0.15, -0.1) is 15.3 Å². The Bertz CT molecular complexity index is 988. The molecular weight excluding hydrogens is 425 g/mol. The smallest absolute Gasteiger partial charge is 0.453 e. The third kappa shape index (κ3) is 4.37. The Labute approximate surface area is 172 Å². The van der Waals surface area contributed by atoms with Gasteiger partial charge >= 0.3 is 6.18 Å². The molecule has 0 amide bonds. The van der Waals surface area contributed by atoms with Crippen molar-refractivity contribution in [2.75, 3.05) is 32.8 Å². The highest BCUT2D eigenvalue weighted by atomic mass is 32.2. The Kier molecular flexibility index (Phi) is 5.86. The fourth-order valence-electron chi connectivity index (χ4n) is 3.81. The molecular formula is C17H23F3N6O3S. The highest BCUT2D eigenvalue weighted by Gasteiger charge is 2.38. The molecule has 0 spiro atoms. The summed E-state index contributed by atoms with van der Waals surface area (Å²) in [5.74, 6) is -1.28. The van der Waals surface area contributed by atoms with Crippen LogP contribution < -0.4 is 4.74 Å². The molecule has 0 aliphatic carbocycles. The molecule has 4 rings (SSSR count). The third-order valence-electron chi connectivity index (χ3n) is 5.43. The van der Waals surface area contributed by atoms with E-state index in [1.165, 1.54) is 16.4 Å². The maximum Gasteiger partial charge on any atom is 0.453 e. The van der Waals surface area contributed by atoms with Crippen molar-refractivity contribution in [2.45, 2.75) is 38.3 Å². The van der Waals surface area contributed by atoms with Crippen molar-refractivity contribution in [1.29, 1.82) is 0 Å². The van der Waals surface area contributed by atoms with E-state index in [1.54, 1.807) is 4.31 Å². The second-order valence-electron chi connectivity index (χ2n) is 7.61. The average molecular weight is 448 g/mol. The number of rotatable bonds is 5. The lowest BCUT2D eigenvalue weighted by atomic mass is 10.1. The van der Waals surface area contributed by atoms with Gasteiger partial charge < -0.3 is 4.74 Å². The van der Waals surface area contributed by atoms with E-state index in [0.29, 0.717) is 37.1 Å². The highest BCUT2D eigenvalue weighted by Crippen LogP contribution is 2.28. The van der Waals surface area contributed by atoms with Gasteiger partial charge in [0.25, 0.3) is 16.0 Å². The minimum atomic E-state index is -4.68. The Morgan fingerprint density at radius 3 is 2.47 bits per heavy atom. The predicted octanol–water partition coefficient (Wildman–Crippen LogP) is 1.96. The van der Waals surface area contributed by atoms with E-state index in [1.807, 2.05) is 0 Å². The molecule has 0 radical (unpaired) electrons. The number of alkyl halides is 3. The van der Waals surface area contributed by atoms with Gasteiger partial charge in [0.2, 0.25) is 5.88 Å². The number of halogens is 3. The minimum Gasteiger partial charge on any atom is -0.476 e. The van der Waals surface area contributed by atoms with Gasteiger partial charge in [0.15, 0.2) is 5.65 Å². The molecule has 30 heavy (non-hydrogen) atoms. The first-order valence-corrected chi connectivity index (χ1v) is 11.3. The maximum atomic E-state index is 13.0. The molecule has 13 heteroatoms. The molecule has 0 bridgehead atoms. The van der Waals surface area contributed by atoms with E-state index in [0.717, 1.165) is 25.7 Å². The van der Waals surface area contributed by atoms with Crippen LogP contribution in [0.3, 0.4) is 0 Å². The van der Waals surface area contributed by atoms with Crippen LogP contribution in [0.25, 0.3) is 5.65 Å². The van der Waals surface area contributed by atoms with Crippen molar-refractivity contribution in [3.63, 3.8) is 0 Å². The predicted molar refractivity (Wildman–Crippen MR) is 99.9 cm³/mol. The number of ether oxygens (including phenoxy) is 1. The average Bonchev–Trinajstić information content (AvgIpc) is 3.25. The lowest BCUT2D eigenvalue weighted by Crippen LogP contribution is -2.43. The van der Waals surface area contributed by atoms with Crippen LogP contribution in [0.1, 0.15) is 37.9 Å². The summed E-state index contributed by atoms with van der Waals surface area (Å²) < 4.78 is 73.9. The molecule has 0 N–H and O–H groups in total. The molecule has 0 aromatic carbocycles. The maximum absolute atomic E-state index is 13.0. The molecule has 2 fully saturated rings. The lowest BCUT2D eigenvalue weighted by molar-refractivity contribution is -0.146. The summed E-state index contributed by atoms with van der Waals surface area (Å²) in [7, 11) is -3.49. The first-order chi connectivity index (χ1) is 14.2. The Hall–Kier alpha value is -1.99. The minimum absolute atomic E-state index is 0.00150. The number of nitrogens with zero attached hydrogens (tertiary/aromatic N) is 6. The van der Waals surface area contributed by atoms with Gasteiger partial charge in [-0.1, -0.05) is 12.8 Å². The summed E-state index contributed by atoms with van der Waals surface area (Å²) in [6, 6.07) is 2.76. The molecule has 1 unspecified atom stereocenters. The van der Waals surface area contributed by atoms with E-state index in [-0.39, 0.29) is 24.1 Å². The Balaban J connectivity index is 1.38. The van der Waals surface area contributed by atoms with Crippen LogP contribution in [0.5, 0.6) is 5.88 Å². The first-order valence-electron chi connectivity index (χ1n) is 9.93. The van der Waals surface area contributed by atoms with Crippen LogP contribution in [-0.2, 0) is 16.4 Å². The number of hydrogen-bond donors (Lipinski definition) is 0. The normalized spacial score (nSPS) is 22.4. The topological polar surface area (TPSA) is 92.9 Å². The van der Waals surface area contributed by atoms with Crippen molar-refractivity contribution in [3.8, 4) is 5.88 Å². The fraction of sp³-hybridized carbons (Fsp3) is 0.706. The van der Waals surface area contributed by atoms with Gasteiger partial charge in [0, 0.05) is 38.2 Å². The Morgan fingerprint density at radius 1 is 1.03 bits per heavy atom. The summed E-state index contributed by atoms with van der Waals surface area (Å²) in [6.45, 7) is 1.98. The molecule has 2 aromatic heterocycles. The van der Waals surface area contributed by atoms with Gasteiger partial charge in [-0.05, 0) is 25.3 Å². The van der Waals surface area contributed by atoms with Crippen molar-refractivity contribution < 1.29 is 26.3 Å². The van der Waals surface area contributed by atoms with E-state index in [9.17, 15) is 21.6 Å². The molecule has 2 aliphatic rings. The van der Waals surface area contributed by atoms with Gasteiger partial charge in [-0.25, -0.2) is 0 Å². The highest BCUT2D eigenvalue weighted by molar-refractivity contribution is 7.86. The standard InChI is InChI=1S/C17H23F3N6O3S/c18-17(19,20)16-22-21-14-5-6-15(23-26(14)16)29-12-13-7-10-25(11-13)30(27,28)24-8-3-1-2-4-9-24/h5-6,13H,1-4,7-12H2. The zero-order valence-electron chi connectivity index (χ0n) is 16.3. The molecule has 9 nitrogen and oxygen atoms in total. The van der Waals surface area contributed by atoms with Crippen molar-refractivity contribution in [2.24, 2.45) is 5.92 Å². The van der Waals surface area contributed by atoms with E-state index >= 15 is 0 Å². The number of hydrogen-bond acceptors (Lipinski definition) is 6. The van der Waals surface area contributed by atoms with E-state index < -0.39 is 22.2 Å². The van der Waals surface area contributed by atoms with Gasteiger partial charge in [-0.3, -0.25) is 0 Å². The zero-order valence-corrected chi connectivity index (χ0v) is 17.1. The Morgan fingerprint density at radius 2 is 1.77 bits per heavy atom. The van der Waals surface area contributed by atoms with Crippen LogP contribution in [0.4, 0.5) is 13.2 Å². The van der Waals surface area contributed by atoms with E-state index in [2.05, 4.69) is 15.3 Å². The quantitative estimate of drug-likeness (QED) is 0.694. The summed E-state index contributed by atoms with van der Waals surface area (Å²) in [4.78, 5) is 0. The van der Waals surface area contributed by atoms with Crippen LogP contribution in [0, 0.1) is 5.92 Å². The molecule has 2 aromatic rings. The summed E-state index contributed by atoms with van der Waals surface area (Å²) in [5, 5.41) is 10.4. The molecule has 1 atom stereocenters. The SMILES string of the molecule is O=S(=O)(N1CCCCCC1)N1CCC(COc2ccc3nnc(C(F)(F)F)n3n2)C1. The second kappa shape index (κ2) is 8.27. The monoisotopic (exact) mass is 448 g/mol. The van der Waals surface area contributed by atoms with Crippen molar-refractivity contribution >= 4 is 15.9 Å². The van der Waals surface area contributed by atoms with Gasteiger partial charge in [-0.2, -0.15) is 34.7 Å². The van der Waals surface area contributed by atoms with Crippen LogP contribution in [0.2, 0.25) is 0 Å². The van der Waals surface area contributed by atoms with Crippen LogP contribution >= 0.6 is 0 Å². The fourth-order valence-corrected chi connectivity index (χ4v) is 5.59. The van der Waals surface area contributed by atoms with E-state index in [4.69, 9.17) is 4.74 Å². The van der Waals surface area contributed by atoms with Crippen molar-refractivity contribution in [3.05, 3.63) is 18.0 Å². The molecule has 2 saturated heterocycles. The molecule has 2 aliphatic heterocycles. The number of aromatic nitrogens is 4. The number of fused-ring (bicyclic) bond motifs is 1. The molecule has 4 heterocycles. The van der Waals surface area contributed by atoms with Crippen LogP contribution in [-0.4, -0.2) is 69.6 Å². The molecule has 166 valence electrons. The summed E-state index contributed by atoms with van der Waals surface area (Å²) >= 11 is 0. The lowest BCUT2D eigenvalue weighted by Gasteiger charge is -2.26. The first kappa shape index (κ1) is 21.2. The van der Waals surface area contributed by atoms with Crippen LogP contribution in [0.15, 0.2) is 12.1 Å². The van der Waals surface area contributed by atoms with Gasteiger partial charge in [0.05, 0.1) is 6.61 Å². The largest absolute Gasteiger partial charge is 0.476 e.